The Morgan fingerprint density at radius 2 is 0.779 bits per heavy atom. The highest BCUT2D eigenvalue weighted by molar-refractivity contribution is 6.22. The zero-order valence-electron chi connectivity index (χ0n) is 43.8. The lowest BCUT2D eigenvalue weighted by atomic mass is 9.67. The van der Waals surface area contributed by atoms with E-state index in [0.29, 0.717) is 0 Å². The molecule has 1 N–H and O–H groups in total. The topological polar surface area (TPSA) is 15.3 Å². The molecular formula is C75H56N2. The van der Waals surface area contributed by atoms with E-state index in [-0.39, 0.29) is 10.8 Å². The minimum atomic E-state index is -0.549. The fourth-order valence-electron chi connectivity index (χ4n) is 14.3. The van der Waals surface area contributed by atoms with Crippen LogP contribution in [0.25, 0.3) is 66.1 Å². The summed E-state index contributed by atoms with van der Waals surface area (Å²) in [5, 5.41) is 8.87. The van der Waals surface area contributed by atoms with Crippen molar-refractivity contribution in [3.8, 4) is 44.5 Å². The molecule has 12 aromatic carbocycles. The SMILES string of the molecule is CC1(C)c2ccccc2Nc2c(-c3cccc4c(-c5cccc6c5-c5ccccc5C6(c5ccccc5)c5ccccc5)c5cccc(-c6cccc7c6N(c6ccccc6)c6ccccc6C7(C)C)c5cc34)cccc21. The van der Waals surface area contributed by atoms with Gasteiger partial charge < -0.3 is 10.2 Å². The van der Waals surface area contributed by atoms with E-state index in [9.17, 15) is 0 Å². The monoisotopic (exact) mass is 984 g/mol. The van der Waals surface area contributed by atoms with Crippen LogP contribution in [0.4, 0.5) is 28.4 Å². The van der Waals surface area contributed by atoms with Crippen LogP contribution < -0.4 is 10.2 Å². The number of rotatable bonds is 6. The van der Waals surface area contributed by atoms with Gasteiger partial charge in [-0.1, -0.05) is 258 Å². The summed E-state index contributed by atoms with van der Waals surface area (Å²) in [6.45, 7) is 9.53. The number of para-hydroxylation sites is 5. The first-order valence-electron chi connectivity index (χ1n) is 27.2. The highest BCUT2D eigenvalue weighted by Crippen LogP contribution is 2.61. The van der Waals surface area contributed by atoms with Crippen molar-refractivity contribution >= 4 is 50.0 Å². The molecule has 0 fully saturated rings. The van der Waals surface area contributed by atoms with Crippen LogP contribution in [0.3, 0.4) is 0 Å². The second-order valence-corrected chi connectivity index (χ2v) is 22.3. The van der Waals surface area contributed by atoms with Crippen LogP contribution >= 0.6 is 0 Å². The summed E-state index contributed by atoms with van der Waals surface area (Å²) in [4.78, 5) is 2.52. The Kier molecular flexibility index (Phi) is 9.91. The molecule has 0 amide bonds. The summed E-state index contributed by atoms with van der Waals surface area (Å²) >= 11 is 0. The highest BCUT2D eigenvalue weighted by atomic mass is 15.2. The highest BCUT2D eigenvalue weighted by Gasteiger charge is 2.47. The van der Waals surface area contributed by atoms with E-state index in [0.717, 1.165) is 11.4 Å². The van der Waals surface area contributed by atoms with Crippen LogP contribution in [0.15, 0.2) is 261 Å². The lowest BCUT2D eigenvalue weighted by molar-refractivity contribution is 0.632. The van der Waals surface area contributed by atoms with Crippen molar-refractivity contribution in [1.82, 2.24) is 0 Å². The van der Waals surface area contributed by atoms with E-state index in [1.54, 1.807) is 0 Å². The van der Waals surface area contributed by atoms with E-state index in [1.807, 2.05) is 0 Å². The maximum atomic E-state index is 4.00. The van der Waals surface area contributed by atoms with Gasteiger partial charge in [0.2, 0.25) is 0 Å². The van der Waals surface area contributed by atoms with Crippen molar-refractivity contribution in [1.29, 1.82) is 0 Å². The van der Waals surface area contributed by atoms with Crippen LogP contribution in [0.2, 0.25) is 0 Å². The van der Waals surface area contributed by atoms with Crippen LogP contribution in [-0.4, -0.2) is 0 Å². The van der Waals surface area contributed by atoms with Gasteiger partial charge in [-0.05, 0) is 130 Å². The van der Waals surface area contributed by atoms with Crippen molar-refractivity contribution in [3.63, 3.8) is 0 Å². The smallest absolute Gasteiger partial charge is 0.0713 e. The Labute approximate surface area is 451 Å². The van der Waals surface area contributed by atoms with E-state index >= 15 is 0 Å². The summed E-state index contributed by atoms with van der Waals surface area (Å²) in [5.41, 5.74) is 25.0. The van der Waals surface area contributed by atoms with Gasteiger partial charge in [-0.2, -0.15) is 0 Å². The van der Waals surface area contributed by atoms with Crippen LogP contribution in [-0.2, 0) is 16.2 Å². The van der Waals surface area contributed by atoms with Crippen molar-refractivity contribution in [2.24, 2.45) is 0 Å². The molecule has 12 aromatic rings. The van der Waals surface area contributed by atoms with Gasteiger partial charge in [0.05, 0.1) is 22.5 Å². The third kappa shape index (κ3) is 6.36. The van der Waals surface area contributed by atoms with Gasteiger partial charge in [0, 0.05) is 33.3 Å². The Hall–Kier alpha value is -9.24. The lowest BCUT2D eigenvalue weighted by Gasteiger charge is -2.43. The molecule has 3 aliphatic rings. The van der Waals surface area contributed by atoms with E-state index in [2.05, 4.69) is 299 Å². The lowest BCUT2D eigenvalue weighted by Crippen LogP contribution is -2.31. The molecule has 2 aliphatic heterocycles. The maximum Gasteiger partial charge on any atom is 0.0713 e. The van der Waals surface area contributed by atoms with Crippen LogP contribution in [0, 0.1) is 0 Å². The summed E-state index contributed by atoms with van der Waals surface area (Å²) in [7, 11) is 0. The van der Waals surface area contributed by atoms with Gasteiger partial charge in [0.1, 0.15) is 0 Å². The fourth-order valence-corrected chi connectivity index (χ4v) is 14.3. The molecule has 2 nitrogen and oxygen atoms in total. The van der Waals surface area contributed by atoms with Crippen LogP contribution in [0.1, 0.15) is 72.2 Å². The van der Waals surface area contributed by atoms with Gasteiger partial charge >= 0.3 is 0 Å². The normalized spacial score (nSPS) is 14.9. The van der Waals surface area contributed by atoms with E-state index < -0.39 is 5.41 Å². The number of nitrogens with zero attached hydrogens (tertiary/aromatic N) is 1. The van der Waals surface area contributed by atoms with Crippen molar-refractivity contribution in [3.05, 3.63) is 305 Å². The molecule has 366 valence electrons. The fraction of sp³-hybridized carbons (Fsp3) is 0.0933. The van der Waals surface area contributed by atoms with Gasteiger partial charge in [-0.15, -0.1) is 0 Å². The Morgan fingerprint density at radius 1 is 0.312 bits per heavy atom. The molecule has 0 radical (unpaired) electrons. The molecule has 2 heterocycles. The number of hydrogen-bond donors (Lipinski definition) is 1. The van der Waals surface area contributed by atoms with E-state index in [4.69, 9.17) is 0 Å². The standard InChI is InChI=1S/C75H56N2/c1-73(2)62-40-16-18-45-67(62)76-71-55(36-22-43-65(71)73)51-32-20-34-53-59(51)47-60-52(56-37-23-44-66-72(56)77(50-29-12-7-13-30-50)68-46-19-17-41-63(68)74(66,3)4)33-21-35-54(60)69(53)58-38-24-42-64-70(58)57-31-14-15-39-61(57)75(64,48-25-8-5-9-26-48)49-27-10-6-11-28-49/h5-47,76H,1-4H3. The molecule has 1 aliphatic carbocycles. The second-order valence-electron chi connectivity index (χ2n) is 22.3. The van der Waals surface area contributed by atoms with E-state index in [1.165, 1.54) is 128 Å². The van der Waals surface area contributed by atoms with Gasteiger partial charge in [-0.25, -0.2) is 0 Å². The zero-order chi connectivity index (χ0) is 51.6. The third-order valence-corrected chi connectivity index (χ3v) is 17.7. The number of benzene rings is 12. The van der Waals surface area contributed by atoms with Crippen molar-refractivity contribution in [2.75, 3.05) is 10.2 Å². The average Bonchev–Trinajstić information content (AvgIpc) is 4.05. The molecule has 0 atom stereocenters. The number of nitrogens with one attached hydrogen (secondary N) is 1. The quantitative estimate of drug-likeness (QED) is 0.167. The first kappa shape index (κ1) is 45.2. The number of anilines is 5. The molecule has 0 bridgehead atoms. The summed E-state index contributed by atoms with van der Waals surface area (Å²) < 4.78 is 0. The van der Waals surface area contributed by atoms with Crippen molar-refractivity contribution < 1.29 is 0 Å². The summed E-state index contributed by atoms with van der Waals surface area (Å²) in [5.74, 6) is 0. The predicted molar refractivity (Wildman–Crippen MR) is 324 cm³/mol. The minimum Gasteiger partial charge on any atom is -0.355 e. The summed E-state index contributed by atoms with van der Waals surface area (Å²) in [6, 6.07) is 98.0. The molecule has 0 saturated heterocycles. The van der Waals surface area contributed by atoms with Gasteiger partial charge in [0.15, 0.2) is 0 Å². The number of fused-ring (bicyclic) bond motifs is 9. The first-order chi connectivity index (χ1) is 37.8. The molecule has 0 aromatic heterocycles. The first-order valence-corrected chi connectivity index (χ1v) is 27.2. The second kappa shape index (κ2) is 16.9. The maximum absolute atomic E-state index is 4.00. The van der Waals surface area contributed by atoms with Crippen LogP contribution in [0.5, 0.6) is 0 Å². The predicted octanol–water partition coefficient (Wildman–Crippen LogP) is 19.8. The molecule has 0 saturated carbocycles. The Morgan fingerprint density at radius 3 is 1.47 bits per heavy atom. The average molecular weight is 985 g/mol. The van der Waals surface area contributed by atoms with Gasteiger partial charge in [0.25, 0.3) is 0 Å². The minimum absolute atomic E-state index is 0.214. The Bertz CT molecular complexity index is 4320. The zero-order valence-corrected chi connectivity index (χ0v) is 43.8. The Balaban J connectivity index is 1.08. The molecule has 0 unspecified atom stereocenters. The molecule has 0 spiro atoms. The molecule has 77 heavy (non-hydrogen) atoms. The van der Waals surface area contributed by atoms with Gasteiger partial charge in [-0.3, -0.25) is 0 Å². The molecule has 15 rings (SSSR count). The number of hydrogen-bond acceptors (Lipinski definition) is 2. The largest absolute Gasteiger partial charge is 0.355 e. The summed E-state index contributed by atoms with van der Waals surface area (Å²) in [6.07, 6.45) is 0. The molecular weight excluding hydrogens is 929 g/mol. The molecule has 2 heteroatoms. The third-order valence-electron chi connectivity index (χ3n) is 17.7. The van der Waals surface area contributed by atoms with Crippen molar-refractivity contribution in [2.45, 2.75) is 43.9 Å².